The number of aliphatic carboxylic acids is 1. The second kappa shape index (κ2) is 3.93. The Morgan fingerprint density at radius 2 is 2.60 bits per heavy atom. The van der Waals surface area contributed by atoms with Gasteiger partial charge in [-0.15, -0.1) is 11.3 Å². The largest absolute Gasteiger partial charge is 0.481 e. The zero-order chi connectivity index (χ0) is 10.9. The number of nitrogens with zero attached hydrogens (tertiary/aromatic N) is 1. The molecule has 0 amide bonds. The number of hydrogen-bond acceptors (Lipinski definition) is 3. The number of aromatic nitrogens is 1. The van der Waals surface area contributed by atoms with E-state index in [0.29, 0.717) is 12.3 Å². The smallest absolute Gasteiger partial charge is 0.310 e. The molecule has 4 heteroatoms. The van der Waals surface area contributed by atoms with E-state index in [1.54, 1.807) is 23.0 Å². The Hall–Kier alpha value is -0.900. The van der Waals surface area contributed by atoms with Gasteiger partial charge in [0.1, 0.15) is 0 Å². The summed E-state index contributed by atoms with van der Waals surface area (Å²) in [7, 11) is 0. The molecule has 0 bridgehead atoms. The Labute approximate surface area is 93.2 Å². The molecular formula is C11H15NO2S. The first-order chi connectivity index (χ1) is 7.12. The average Bonchev–Trinajstić information content (AvgIpc) is 2.77. The lowest BCUT2D eigenvalue weighted by Crippen LogP contribution is -2.30. The number of carboxylic acids is 1. The lowest BCUT2D eigenvalue weighted by atomic mass is 9.81. The number of rotatable bonds is 3. The van der Waals surface area contributed by atoms with E-state index in [1.807, 2.05) is 0 Å². The molecule has 3 nitrogen and oxygen atoms in total. The molecule has 0 spiro atoms. The first kappa shape index (κ1) is 10.6. The molecule has 2 atom stereocenters. The molecule has 15 heavy (non-hydrogen) atoms. The number of thiazole rings is 1. The van der Waals surface area contributed by atoms with Gasteiger partial charge < -0.3 is 5.11 Å². The van der Waals surface area contributed by atoms with Crippen molar-refractivity contribution in [3.05, 3.63) is 16.6 Å². The summed E-state index contributed by atoms with van der Waals surface area (Å²) in [4.78, 5) is 16.5. The molecule has 1 N–H and O–H groups in total. The highest BCUT2D eigenvalue weighted by Gasteiger charge is 2.44. The van der Waals surface area contributed by atoms with Gasteiger partial charge in [0.15, 0.2) is 0 Å². The van der Waals surface area contributed by atoms with Crippen LogP contribution in [-0.2, 0) is 11.2 Å². The van der Waals surface area contributed by atoms with Crippen LogP contribution in [0.25, 0.3) is 0 Å². The highest BCUT2D eigenvalue weighted by molar-refractivity contribution is 7.09. The monoisotopic (exact) mass is 225 g/mol. The Bertz CT molecular complexity index is 349. The second-order valence-electron chi connectivity index (χ2n) is 4.58. The quantitative estimate of drug-likeness (QED) is 0.860. The maximum atomic E-state index is 11.4. The minimum atomic E-state index is -0.639. The summed E-state index contributed by atoms with van der Waals surface area (Å²) >= 11 is 1.55. The fourth-order valence-electron chi connectivity index (χ4n) is 2.49. The maximum Gasteiger partial charge on any atom is 0.310 e. The standard InChI is InChI=1S/C11H15NO2S/c1-8-2-3-11(4-8,10(13)14)5-9-6-12-7-15-9/h6-8H,2-5H2,1H3,(H,13,14). The molecule has 2 rings (SSSR count). The van der Waals surface area contributed by atoms with Crippen molar-refractivity contribution < 1.29 is 9.90 Å². The molecule has 1 saturated carbocycles. The van der Waals surface area contributed by atoms with E-state index in [1.165, 1.54) is 0 Å². The van der Waals surface area contributed by atoms with Crippen LogP contribution in [0.2, 0.25) is 0 Å². The molecule has 0 saturated heterocycles. The van der Waals surface area contributed by atoms with Gasteiger partial charge in [0, 0.05) is 11.1 Å². The number of carboxylic acid groups (broad SMARTS) is 1. The summed E-state index contributed by atoms with van der Waals surface area (Å²) in [6.45, 7) is 2.14. The zero-order valence-electron chi connectivity index (χ0n) is 8.77. The summed E-state index contributed by atoms with van der Waals surface area (Å²) in [6, 6.07) is 0. The first-order valence-electron chi connectivity index (χ1n) is 5.23. The Balaban J connectivity index is 2.17. The maximum absolute atomic E-state index is 11.4. The third-order valence-corrected chi connectivity index (χ3v) is 4.08. The van der Waals surface area contributed by atoms with Crippen LogP contribution < -0.4 is 0 Å². The lowest BCUT2D eigenvalue weighted by molar-refractivity contribution is -0.148. The van der Waals surface area contributed by atoms with E-state index in [4.69, 9.17) is 0 Å². The van der Waals surface area contributed by atoms with Crippen LogP contribution in [0, 0.1) is 11.3 Å². The van der Waals surface area contributed by atoms with Gasteiger partial charge in [-0.1, -0.05) is 6.92 Å². The van der Waals surface area contributed by atoms with E-state index in [0.717, 1.165) is 24.1 Å². The van der Waals surface area contributed by atoms with Gasteiger partial charge >= 0.3 is 5.97 Å². The lowest BCUT2D eigenvalue weighted by Gasteiger charge is -2.23. The fourth-order valence-corrected chi connectivity index (χ4v) is 3.23. The van der Waals surface area contributed by atoms with Crippen molar-refractivity contribution in [3.8, 4) is 0 Å². The average molecular weight is 225 g/mol. The van der Waals surface area contributed by atoms with E-state index in [9.17, 15) is 9.90 Å². The SMILES string of the molecule is CC1CCC(Cc2cncs2)(C(=O)O)C1. The highest BCUT2D eigenvalue weighted by Crippen LogP contribution is 2.44. The molecule has 82 valence electrons. The van der Waals surface area contributed by atoms with E-state index in [2.05, 4.69) is 11.9 Å². The van der Waals surface area contributed by atoms with Gasteiger partial charge in [0.05, 0.1) is 10.9 Å². The Morgan fingerprint density at radius 3 is 3.07 bits per heavy atom. The molecule has 1 heterocycles. The molecule has 1 fully saturated rings. The molecule has 1 aromatic rings. The van der Waals surface area contributed by atoms with Crippen LogP contribution >= 0.6 is 11.3 Å². The van der Waals surface area contributed by atoms with Crippen LogP contribution in [0.5, 0.6) is 0 Å². The minimum Gasteiger partial charge on any atom is -0.481 e. The third kappa shape index (κ3) is 2.04. The predicted molar refractivity (Wildman–Crippen MR) is 58.9 cm³/mol. The van der Waals surface area contributed by atoms with Gasteiger partial charge in [0.2, 0.25) is 0 Å². The summed E-state index contributed by atoms with van der Waals surface area (Å²) in [5.74, 6) is -0.103. The van der Waals surface area contributed by atoms with E-state index >= 15 is 0 Å². The summed E-state index contributed by atoms with van der Waals surface area (Å²) in [5, 5.41) is 9.36. The molecule has 0 radical (unpaired) electrons. The van der Waals surface area contributed by atoms with E-state index < -0.39 is 11.4 Å². The minimum absolute atomic E-state index is 0.522. The predicted octanol–water partition coefficient (Wildman–Crippen LogP) is 2.58. The topological polar surface area (TPSA) is 50.2 Å². The zero-order valence-corrected chi connectivity index (χ0v) is 9.59. The van der Waals surface area contributed by atoms with Gasteiger partial charge in [-0.3, -0.25) is 9.78 Å². The Morgan fingerprint density at radius 1 is 1.80 bits per heavy atom. The van der Waals surface area contributed by atoms with Crippen molar-refractivity contribution in [1.82, 2.24) is 4.98 Å². The van der Waals surface area contributed by atoms with Gasteiger partial charge in [-0.05, 0) is 31.6 Å². The molecular weight excluding hydrogens is 210 g/mol. The molecule has 1 aliphatic rings. The molecule has 1 aromatic heterocycles. The summed E-state index contributed by atoms with van der Waals surface area (Å²) in [6.07, 6.45) is 5.09. The molecule has 0 aliphatic heterocycles. The molecule has 0 aromatic carbocycles. The van der Waals surface area contributed by atoms with Crippen molar-refractivity contribution in [1.29, 1.82) is 0 Å². The first-order valence-corrected chi connectivity index (χ1v) is 6.11. The highest BCUT2D eigenvalue weighted by atomic mass is 32.1. The molecule has 1 aliphatic carbocycles. The van der Waals surface area contributed by atoms with E-state index in [-0.39, 0.29) is 0 Å². The van der Waals surface area contributed by atoms with Crippen LogP contribution in [0.3, 0.4) is 0 Å². The normalized spacial score (nSPS) is 30.6. The van der Waals surface area contributed by atoms with Crippen molar-refractivity contribution in [2.24, 2.45) is 11.3 Å². The van der Waals surface area contributed by atoms with Crippen molar-refractivity contribution in [3.63, 3.8) is 0 Å². The van der Waals surface area contributed by atoms with Crippen LogP contribution in [0.15, 0.2) is 11.7 Å². The van der Waals surface area contributed by atoms with Gasteiger partial charge in [-0.2, -0.15) is 0 Å². The number of hydrogen-bond donors (Lipinski definition) is 1. The summed E-state index contributed by atoms with van der Waals surface area (Å²) in [5.41, 5.74) is 1.25. The van der Waals surface area contributed by atoms with Crippen molar-refractivity contribution in [2.45, 2.75) is 32.6 Å². The van der Waals surface area contributed by atoms with Crippen LogP contribution in [0.4, 0.5) is 0 Å². The van der Waals surface area contributed by atoms with Crippen LogP contribution in [-0.4, -0.2) is 16.1 Å². The van der Waals surface area contributed by atoms with Crippen LogP contribution in [0.1, 0.15) is 31.1 Å². The van der Waals surface area contributed by atoms with Crippen molar-refractivity contribution >= 4 is 17.3 Å². The Kier molecular flexibility index (Phi) is 2.78. The fraction of sp³-hybridized carbons (Fsp3) is 0.636. The summed E-state index contributed by atoms with van der Waals surface area (Å²) < 4.78 is 0. The third-order valence-electron chi connectivity index (χ3n) is 3.30. The second-order valence-corrected chi connectivity index (χ2v) is 5.55. The van der Waals surface area contributed by atoms with Gasteiger partial charge in [-0.25, -0.2) is 0 Å². The van der Waals surface area contributed by atoms with Crippen molar-refractivity contribution in [2.75, 3.05) is 0 Å². The molecule has 2 unspecified atom stereocenters. The number of carbonyl (C=O) groups is 1. The van der Waals surface area contributed by atoms with Gasteiger partial charge in [0.25, 0.3) is 0 Å².